The van der Waals surface area contributed by atoms with E-state index in [2.05, 4.69) is 4.98 Å². The molecule has 1 unspecified atom stereocenters. The minimum atomic E-state index is -0.937. The van der Waals surface area contributed by atoms with Gasteiger partial charge in [0, 0.05) is 17.8 Å². The minimum absolute atomic E-state index is 0.134. The van der Waals surface area contributed by atoms with Crippen LogP contribution in [0, 0.1) is 0 Å². The van der Waals surface area contributed by atoms with Crippen molar-refractivity contribution in [2.75, 3.05) is 0 Å². The summed E-state index contributed by atoms with van der Waals surface area (Å²) < 4.78 is 5.22. The van der Waals surface area contributed by atoms with Gasteiger partial charge in [0.2, 0.25) is 0 Å². The standard InChI is InChI=1S/C10H10N2O3/c11-7(4-9(13)14)6-5-15-8-2-1-3-12-10(6)8/h1-3,5,7H,4,11H2,(H,13,14). The fourth-order valence-electron chi connectivity index (χ4n) is 1.45. The number of rotatable bonds is 3. The van der Waals surface area contributed by atoms with Crippen molar-refractivity contribution in [2.45, 2.75) is 12.5 Å². The van der Waals surface area contributed by atoms with Crippen molar-refractivity contribution >= 4 is 17.1 Å². The Balaban J connectivity index is 2.39. The average molecular weight is 206 g/mol. The number of aliphatic carboxylic acids is 1. The quantitative estimate of drug-likeness (QED) is 0.790. The molecule has 2 rings (SSSR count). The van der Waals surface area contributed by atoms with E-state index < -0.39 is 12.0 Å². The van der Waals surface area contributed by atoms with Crippen molar-refractivity contribution in [2.24, 2.45) is 5.73 Å². The van der Waals surface area contributed by atoms with Gasteiger partial charge in [-0.25, -0.2) is 0 Å². The van der Waals surface area contributed by atoms with E-state index in [1.807, 2.05) is 0 Å². The molecule has 0 saturated carbocycles. The maximum atomic E-state index is 10.5. The maximum Gasteiger partial charge on any atom is 0.305 e. The molecule has 0 bridgehead atoms. The molecule has 5 heteroatoms. The van der Waals surface area contributed by atoms with Crippen LogP contribution in [-0.2, 0) is 4.79 Å². The second-order valence-electron chi connectivity index (χ2n) is 3.25. The second-order valence-corrected chi connectivity index (χ2v) is 3.25. The van der Waals surface area contributed by atoms with Gasteiger partial charge in [-0.2, -0.15) is 0 Å². The number of carboxylic acid groups (broad SMARTS) is 1. The van der Waals surface area contributed by atoms with Gasteiger partial charge in [-0.3, -0.25) is 9.78 Å². The van der Waals surface area contributed by atoms with Gasteiger partial charge >= 0.3 is 5.97 Å². The molecule has 0 spiro atoms. The van der Waals surface area contributed by atoms with Crippen molar-refractivity contribution in [3.63, 3.8) is 0 Å². The third-order valence-corrected chi connectivity index (χ3v) is 2.15. The van der Waals surface area contributed by atoms with Crippen LogP contribution in [0.2, 0.25) is 0 Å². The summed E-state index contributed by atoms with van der Waals surface area (Å²) in [6.45, 7) is 0. The highest BCUT2D eigenvalue weighted by Crippen LogP contribution is 2.24. The summed E-state index contributed by atoms with van der Waals surface area (Å²) in [5.74, 6) is -0.937. The molecule has 0 saturated heterocycles. The van der Waals surface area contributed by atoms with Crippen LogP contribution in [0.25, 0.3) is 11.1 Å². The number of hydrogen-bond acceptors (Lipinski definition) is 4. The number of aromatic nitrogens is 1. The highest BCUT2D eigenvalue weighted by molar-refractivity contribution is 5.78. The largest absolute Gasteiger partial charge is 0.481 e. The Morgan fingerprint density at radius 3 is 3.20 bits per heavy atom. The molecule has 2 aromatic rings. The van der Waals surface area contributed by atoms with Crippen LogP contribution in [-0.4, -0.2) is 16.1 Å². The number of fused-ring (bicyclic) bond motifs is 1. The molecule has 0 aromatic carbocycles. The molecule has 2 aromatic heterocycles. The van der Waals surface area contributed by atoms with Crippen molar-refractivity contribution in [1.29, 1.82) is 0 Å². The molecule has 0 amide bonds. The SMILES string of the molecule is NC(CC(=O)O)c1coc2cccnc12. The molecule has 0 aliphatic heterocycles. The molecular weight excluding hydrogens is 196 g/mol. The number of carboxylic acids is 1. The Hall–Kier alpha value is -1.88. The van der Waals surface area contributed by atoms with Gasteiger partial charge in [0.1, 0.15) is 5.52 Å². The van der Waals surface area contributed by atoms with Crippen LogP contribution in [0.5, 0.6) is 0 Å². The highest BCUT2D eigenvalue weighted by Gasteiger charge is 2.16. The summed E-state index contributed by atoms with van der Waals surface area (Å²) >= 11 is 0. The fourth-order valence-corrected chi connectivity index (χ4v) is 1.45. The van der Waals surface area contributed by atoms with E-state index in [1.165, 1.54) is 6.26 Å². The fraction of sp³-hybridized carbons (Fsp3) is 0.200. The number of nitrogens with two attached hydrogens (primary N) is 1. The summed E-state index contributed by atoms with van der Waals surface area (Å²) in [7, 11) is 0. The second kappa shape index (κ2) is 3.70. The summed E-state index contributed by atoms with van der Waals surface area (Å²) in [6, 6.07) is 2.93. The molecule has 0 radical (unpaired) electrons. The molecule has 0 fully saturated rings. The van der Waals surface area contributed by atoms with Gasteiger partial charge in [0.15, 0.2) is 5.58 Å². The van der Waals surface area contributed by atoms with Crippen molar-refractivity contribution in [3.8, 4) is 0 Å². The smallest absolute Gasteiger partial charge is 0.305 e. The zero-order valence-corrected chi connectivity index (χ0v) is 7.88. The van der Waals surface area contributed by atoms with E-state index in [0.717, 1.165) is 0 Å². The van der Waals surface area contributed by atoms with E-state index in [0.29, 0.717) is 16.7 Å². The molecule has 0 aliphatic rings. The minimum Gasteiger partial charge on any atom is -0.481 e. The van der Waals surface area contributed by atoms with Gasteiger partial charge in [0.05, 0.1) is 12.7 Å². The monoisotopic (exact) mass is 206 g/mol. The topological polar surface area (TPSA) is 89.4 Å². The normalized spacial score (nSPS) is 12.9. The van der Waals surface area contributed by atoms with Crippen LogP contribution in [0.15, 0.2) is 29.0 Å². The van der Waals surface area contributed by atoms with Crippen molar-refractivity contribution in [3.05, 3.63) is 30.2 Å². The Labute approximate surface area is 85.5 Å². The molecule has 78 valence electrons. The number of nitrogens with zero attached hydrogens (tertiary/aromatic N) is 1. The summed E-state index contributed by atoms with van der Waals surface area (Å²) in [4.78, 5) is 14.6. The first-order valence-corrected chi connectivity index (χ1v) is 4.48. The third kappa shape index (κ3) is 1.82. The van der Waals surface area contributed by atoms with E-state index >= 15 is 0 Å². The van der Waals surface area contributed by atoms with Gasteiger partial charge in [0.25, 0.3) is 0 Å². The first kappa shape index (κ1) is 9.67. The molecule has 5 nitrogen and oxygen atoms in total. The van der Waals surface area contributed by atoms with Gasteiger partial charge in [-0.1, -0.05) is 0 Å². The zero-order chi connectivity index (χ0) is 10.8. The Kier molecular flexibility index (Phi) is 2.39. The third-order valence-electron chi connectivity index (χ3n) is 2.15. The lowest BCUT2D eigenvalue weighted by Gasteiger charge is -2.05. The predicted molar refractivity (Wildman–Crippen MR) is 53.2 cm³/mol. The lowest BCUT2D eigenvalue weighted by atomic mass is 10.1. The molecule has 0 aliphatic carbocycles. The van der Waals surface area contributed by atoms with Crippen LogP contribution in [0.3, 0.4) is 0 Å². The Morgan fingerprint density at radius 1 is 1.67 bits per heavy atom. The predicted octanol–water partition coefficient (Wildman–Crippen LogP) is 1.30. The molecular formula is C10H10N2O3. The van der Waals surface area contributed by atoms with Crippen LogP contribution >= 0.6 is 0 Å². The summed E-state index contributed by atoms with van der Waals surface area (Å²) in [6.07, 6.45) is 2.95. The number of hydrogen-bond donors (Lipinski definition) is 2. The van der Waals surface area contributed by atoms with Crippen LogP contribution in [0.1, 0.15) is 18.0 Å². The van der Waals surface area contributed by atoms with Crippen LogP contribution < -0.4 is 5.73 Å². The summed E-state index contributed by atoms with van der Waals surface area (Å²) in [5, 5.41) is 8.62. The lowest BCUT2D eigenvalue weighted by molar-refractivity contribution is -0.137. The van der Waals surface area contributed by atoms with E-state index in [-0.39, 0.29) is 6.42 Å². The lowest BCUT2D eigenvalue weighted by Crippen LogP contribution is -2.14. The average Bonchev–Trinajstić information content (AvgIpc) is 2.59. The van der Waals surface area contributed by atoms with E-state index in [1.54, 1.807) is 18.3 Å². The first-order valence-electron chi connectivity index (χ1n) is 4.48. The van der Waals surface area contributed by atoms with Gasteiger partial charge in [-0.05, 0) is 12.1 Å². The first-order chi connectivity index (χ1) is 7.18. The molecule has 3 N–H and O–H groups in total. The zero-order valence-electron chi connectivity index (χ0n) is 7.88. The van der Waals surface area contributed by atoms with E-state index in [9.17, 15) is 4.79 Å². The van der Waals surface area contributed by atoms with E-state index in [4.69, 9.17) is 15.3 Å². The highest BCUT2D eigenvalue weighted by atomic mass is 16.4. The maximum absolute atomic E-state index is 10.5. The molecule has 2 heterocycles. The van der Waals surface area contributed by atoms with Crippen molar-refractivity contribution < 1.29 is 14.3 Å². The van der Waals surface area contributed by atoms with Crippen molar-refractivity contribution in [1.82, 2.24) is 4.98 Å². The van der Waals surface area contributed by atoms with Gasteiger partial charge in [-0.15, -0.1) is 0 Å². The Bertz CT molecular complexity index is 492. The summed E-state index contributed by atoms with van der Waals surface area (Å²) in [5.41, 5.74) is 7.61. The van der Waals surface area contributed by atoms with Gasteiger partial charge < -0.3 is 15.3 Å². The Morgan fingerprint density at radius 2 is 2.47 bits per heavy atom. The molecule has 15 heavy (non-hydrogen) atoms. The number of furan rings is 1. The molecule has 1 atom stereocenters. The number of carbonyl (C=O) groups is 1. The van der Waals surface area contributed by atoms with Crippen LogP contribution in [0.4, 0.5) is 0 Å². The number of pyridine rings is 1.